The van der Waals surface area contributed by atoms with Crippen LogP contribution < -0.4 is 9.13 Å². The predicted octanol–water partition coefficient (Wildman–Crippen LogP) is 2.13. The summed E-state index contributed by atoms with van der Waals surface area (Å²) in [7, 11) is 4.19. The van der Waals surface area contributed by atoms with Crippen LogP contribution in [0.2, 0.25) is 0 Å². The summed E-state index contributed by atoms with van der Waals surface area (Å²) < 4.78 is 4.30. The third-order valence-electron chi connectivity index (χ3n) is 3.31. The fraction of sp³-hybridized carbons (Fsp3) is 0.412. The molecule has 0 unspecified atom stereocenters. The number of hydrogen-bond donors (Lipinski definition) is 0. The van der Waals surface area contributed by atoms with Gasteiger partial charge in [0, 0.05) is 22.3 Å². The van der Waals surface area contributed by atoms with Crippen molar-refractivity contribution in [2.24, 2.45) is 14.1 Å². The molecule has 0 radical (unpaired) electrons. The fourth-order valence-electron chi connectivity index (χ4n) is 2.74. The van der Waals surface area contributed by atoms with Crippen molar-refractivity contribution in [2.45, 2.75) is 33.1 Å². The van der Waals surface area contributed by atoms with Gasteiger partial charge in [0.1, 0.15) is 14.1 Å². The summed E-state index contributed by atoms with van der Waals surface area (Å²) in [5.41, 5.74) is 5.53. The van der Waals surface area contributed by atoms with Crippen LogP contribution in [0, 0.1) is 13.8 Å². The van der Waals surface area contributed by atoms with E-state index < -0.39 is 0 Å². The molecule has 2 heterocycles. The molecule has 0 atom stereocenters. The zero-order valence-corrected chi connectivity index (χ0v) is 12.5. The van der Waals surface area contributed by atoms with E-state index in [1.165, 1.54) is 28.7 Å². The van der Waals surface area contributed by atoms with Gasteiger partial charge in [0.2, 0.25) is 0 Å². The maximum Gasteiger partial charge on any atom is 0.171 e. The summed E-state index contributed by atoms with van der Waals surface area (Å²) in [6, 6.07) is 4.58. The number of nitrogens with zero attached hydrogens (tertiary/aromatic N) is 2. The van der Waals surface area contributed by atoms with E-state index in [4.69, 9.17) is 0 Å². The molecule has 0 aliphatic heterocycles. The monoisotopic (exact) mass is 256 g/mol. The second kappa shape index (κ2) is 5.96. The van der Waals surface area contributed by atoms with Crippen molar-refractivity contribution in [3.8, 4) is 0 Å². The Bertz CT molecular complexity index is 481. The van der Waals surface area contributed by atoms with Crippen LogP contribution in [0.1, 0.15) is 28.7 Å². The van der Waals surface area contributed by atoms with Gasteiger partial charge in [0.25, 0.3) is 0 Å². The number of hydrogen-bond acceptors (Lipinski definition) is 0. The molecule has 0 aromatic carbocycles. The van der Waals surface area contributed by atoms with Gasteiger partial charge in [-0.2, -0.15) is 0 Å². The van der Waals surface area contributed by atoms with Crippen LogP contribution in [0.4, 0.5) is 0 Å². The van der Waals surface area contributed by atoms with Crippen LogP contribution >= 0.6 is 0 Å². The fourth-order valence-corrected chi connectivity index (χ4v) is 2.74. The summed E-state index contributed by atoms with van der Waals surface area (Å²) >= 11 is 0. The van der Waals surface area contributed by atoms with Gasteiger partial charge in [-0.15, -0.1) is 0 Å². The Morgan fingerprint density at radius 1 is 0.737 bits per heavy atom. The third kappa shape index (κ3) is 4.16. The van der Waals surface area contributed by atoms with Crippen molar-refractivity contribution in [3.63, 3.8) is 0 Å². The Hall–Kier alpha value is -1.70. The maximum atomic E-state index is 2.29. The Kier molecular flexibility index (Phi) is 4.31. The van der Waals surface area contributed by atoms with E-state index in [0.29, 0.717) is 0 Å². The highest BCUT2D eigenvalue weighted by molar-refractivity contribution is 5.16. The van der Waals surface area contributed by atoms with Crippen molar-refractivity contribution in [2.75, 3.05) is 0 Å². The topological polar surface area (TPSA) is 7.76 Å². The highest BCUT2D eigenvalue weighted by atomic mass is 14.9. The molecule has 0 saturated heterocycles. The number of rotatable bonds is 4. The summed E-state index contributed by atoms with van der Waals surface area (Å²) in [5.74, 6) is 0. The molecule has 0 spiro atoms. The van der Waals surface area contributed by atoms with Crippen molar-refractivity contribution in [3.05, 3.63) is 59.2 Å². The number of aromatic nitrogens is 2. The molecular formula is C17H24N2+2. The lowest BCUT2D eigenvalue weighted by Gasteiger charge is -2.02. The van der Waals surface area contributed by atoms with Gasteiger partial charge in [0.15, 0.2) is 24.8 Å². The normalized spacial score (nSPS) is 10.7. The minimum Gasteiger partial charge on any atom is -0.207 e. The Balaban J connectivity index is 1.96. The molecule has 19 heavy (non-hydrogen) atoms. The van der Waals surface area contributed by atoms with E-state index in [2.05, 4.69) is 74.0 Å². The van der Waals surface area contributed by atoms with Gasteiger partial charge in [-0.1, -0.05) is 0 Å². The Morgan fingerprint density at radius 2 is 1.16 bits per heavy atom. The minimum atomic E-state index is 1.15. The predicted molar refractivity (Wildman–Crippen MR) is 76.7 cm³/mol. The summed E-state index contributed by atoms with van der Waals surface area (Å²) in [5, 5.41) is 0. The first-order valence-electron chi connectivity index (χ1n) is 6.94. The van der Waals surface area contributed by atoms with Crippen LogP contribution in [-0.2, 0) is 26.9 Å². The van der Waals surface area contributed by atoms with Gasteiger partial charge >= 0.3 is 0 Å². The molecule has 2 nitrogen and oxygen atoms in total. The van der Waals surface area contributed by atoms with E-state index in [1.807, 2.05) is 0 Å². The molecule has 2 rings (SSSR count). The number of aryl methyl sites for hydroxylation is 6. The van der Waals surface area contributed by atoms with Gasteiger partial charge in [-0.25, -0.2) is 9.13 Å². The Labute approximate surface area is 116 Å². The zero-order chi connectivity index (χ0) is 13.8. The van der Waals surface area contributed by atoms with Crippen molar-refractivity contribution < 1.29 is 9.13 Å². The average Bonchev–Trinajstić information content (AvgIpc) is 2.26. The first-order chi connectivity index (χ1) is 9.02. The molecule has 2 heteroatoms. The summed E-state index contributed by atoms with van der Waals surface area (Å²) in [6.45, 7) is 4.31. The molecule has 0 aliphatic carbocycles. The van der Waals surface area contributed by atoms with Gasteiger partial charge in [-0.3, -0.25) is 0 Å². The first-order valence-corrected chi connectivity index (χ1v) is 6.94. The van der Waals surface area contributed by atoms with Crippen molar-refractivity contribution >= 4 is 0 Å². The molecule has 2 aromatic rings. The molecule has 0 N–H and O–H groups in total. The highest BCUT2D eigenvalue weighted by Gasteiger charge is 2.04. The lowest BCUT2D eigenvalue weighted by molar-refractivity contribution is -0.672. The maximum absolute atomic E-state index is 2.29. The van der Waals surface area contributed by atoms with Gasteiger partial charge < -0.3 is 0 Å². The number of pyridine rings is 2. The van der Waals surface area contributed by atoms with Crippen LogP contribution in [0.5, 0.6) is 0 Å². The van der Waals surface area contributed by atoms with Crippen LogP contribution in [0.3, 0.4) is 0 Å². The SMILES string of the molecule is Cc1cc(CCCc2cc(C)c[n+](C)c2)c[n+](C)c1. The molecule has 0 saturated carbocycles. The lowest BCUT2D eigenvalue weighted by atomic mass is 10.0. The van der Waals surface area contributed by atoms with E-state index in [-0.39, 0.29) is 0 Å². The molecule has 100 valence electrons. The van der Waals surface area contributed by atoms with Crippen LogP contribution in [0.25, 0.3) is 0 Å². The zero-order valence-electron chi connectivity index (χ0n) is 12.5. The van der Waals surface area contributed by atoms with Crippen molar-refractivity contribution in [1.29, 1.82) is 0 Å². The smallest absolute Gasteiger partial charge is 0.171 e. The first kappa shape index (κ1) is 13.7. The van der Waals surface area contributed by atoms with E-state index in [9.17, 15) is 0 Å². The quantitative estimate of drug-likeness (QED) is 0.740. The van der Waals surface area contributed by atoms with Gasteiger partial charge in [0.05, 0.1) is 0 Å². The summed E-state index contributed by atoms with van der Waals surface area (Å²) in [4.78, 5) is 0. The lowest BCUT2D eigenvalue weighted by Crippen LogP contribution is -2.28. The third-order valence-corrected chi connectivity index (χ3v) is 3.31. The van der Waals surface area contributed by atoms with Crippen LogP contribution in [0.15, 0.2) is 36.9 Å². The van der Waals surface area contributed by atoms with E-state index in [0.717, 1.165) is 12.8 Å². The highest BCUT2D eigenvalue weighted by Crippen LogP contribution is 2.08. The van der Waals surface area contributed by atoms with Crippen LogP contribution in [-0.4, -0.2) is 0 Å². The molecule has 2 aromatic heterocycles. The second-order valence-corrected chi connectivity index (χ2v) is 5.63. The standard InChI is InChI=1S/C17H24N2/c1-14-8-16(12-18(3)10-14)6-5-7-17-9-15(2)11-19(4)13-17/h8-13H,5-7H2,1-4H3/q+2. The largest absolute Gasteiger partial charge is 0.207 e. The summed E-state index contributed by atoms with van der Waals surface area (Å²) in [6.07, 6.45) is 12.3. The van der Waals surface area contributed by atoms with Crippen molar-refractivity contribution in [1.82, 2.24) is 0 Å². The van der Waals surface area contributed by atoms with E-state index in [1.54, 1.807) is 0 Å². The molecular weight excluding hydrogens is 232 g/mol. The average molecular weight is 256 g/mol. The minimum absolute atomic E-state index is 1.15. The molecule has 0 amide bonds. The Morgan fingerprint density at radius 3 is 1.53 bits per heavy atom. The van der Waals surface area contributed by atoms with Gasteiger partial charge in [-0.05, 0) is 45.2 Å². The molecule has 0 bridgehead atoms. The second-order valence-electron chi connectivity index (χ2n) is 5.63. The van der Waals surface area contributed by atoms with E-state index >= 15 is 0 Å². The molecule has 0 fully saturated rings. The molecule has 0 aliphatic rings.